The number of anilines is 2. The lowest BCUT2D eigenvalue weighted by Gasteiger charge is -2.19. The average Bonchev–Trinajstić information content (AvgIpc) is 3.16. The third-order valence-electron chi connectivity index (χ3n) is 7.07. The summed E-state index contributed by atoms with van der Waals surface area (Å²) in [6.07, 6.45) is 1.72. The number of nitro groups is 2. The van der Waals surface area contributed by atoms with Gasteiger partial charge >= 0.3 is 6.09 Å². The van der Waals surface area contributed by atoms with Crippen molar-refractivity contribution in [2.45, 2.75) is 45.6 Å². The summed E-state index contributed by atoms with van der Waals surface area (Å²) in [5.74, 6) is -1.02. The van der Waals surface area contributed by atoms with Crippen LogP contribution in [0.15, 0.2) is 72.8 Å². The number of nitro benzene ring substituents is 2. The Bertz CT molecular complexity index is 2100. The standard InChI is InChI=1S/C16H15Cl2N3O4.C13H8Cl2N2O4.C9H19NO3/c17-10-2-5-15(25-7-1-6-19)12(8-10)16(22)20-14-4-3-11(21(23)24)9-13(14)18;14-7-1-4-12(18)9(5-7)13(19)16-11-3-2-8(17(20)21)6-10(11)15;1-9(2,3)13-8(12)10-6-4-5-7-11/h2-5,8-9H,1,6-7,19H2,(H,20,22);1-6,18H,(H,16,19);11H,4-7H2,1-3H3,(H,10,12). The number of carbonyl (C=O) groups excluding carboxylic acids is 3. The van der Waals surface area contributed by atoms with Gasteiger partial charge in [0, 0.05) is 47.5 Å². The lowest BCUT2D eigenvalue weighted by molar-refractivity contribution is -0.385. The molecule has 59 heavy (non-hydrogen) atoms. The quantitative estimate of drug-likeness (QED) is 0.0394. The molecule has 0 unspecified atom stereocenters. The summed E-state index contributed by atoms with van der Waals surface area (Å²) in [7, 11) is 0. The summed E-state index contributed by atoms with van der Waals surface area (Å²) < 4.78 is 10.6. The lowest BCUT2D eigenvalue weighted by atomic mass is 10.1. The minimum atomic E-state index is -0.634. The Kier molecular flexibility index (Phi) is 20.6. The molecule has 7 N–H and O–H groups in total. The smallest absolute Gasteiger partial charge is 0.407 e. The van der Waals surface area contributed by atoms with Crippen molar-refractivity contribution < 1.29 is 43.9 Å². The molecule has 21 heteroatoms. The van der Waals surface area contributed by atoms with E-state index in [9.17, 15) is 39.7 Å². The fourth-order valence-electron chi connectivity index (χ4n) is 4.32. The number of hydrogen-bond acceptors (Lipinski definition) is 12. The molecule has 0 atom stereocenters. The molecule has 0 saturated heterocycles. The molecule has 0 fully saturated rings. The zero-order valence-corrected chi connectivity index (χ0v) is 35.0. The molecule has 4 aromatic carbocycles. The minimum Gasteiger partial charge on any atom is -0.507 e. The summed E-state index contributed by atoms with van der Waals surface area (Å²) >= 11 is 23.6. The van der Waals surface area contributed by atoms with Gasteiger partial charge in [0.1, 0.15) is 17.1 Å². The van der Waals surface area contributed by atoms with Gasteiger partial charge in [-0.1, -0.05) is 46.4 Å². The van der Waals surface area contributed by atoms with E-state index in [4.69, 9.17) is 66.7 Å². The molecule has 4 rings (SSSR count). The van der Waals surface area contributed by atoms with E-state index < -0.39 is 33.4 Å². The van der Waals surface area contributed by atoms with Gasteiger partial charge in [0.2, 0.25) is 0 Å². The van der Waals surface area contributed by atoms with Gasteiger partial charge < -0.3 is 41.4 Å². The molecule has 0 aromatic heterocycles. The molecule has 0 heterocycles. The third-order valence-corrected chi connectivity index (χ3v) is 8.17. The first-order chi connectivity index (χ1) is 27.8. The van der Waals surface area contributed by atoms with Gasteiger partial charge in [-0.05, 0) is 95.1 Å². The number of benzene rings is 4. The molecule has 0 radical (unpaired) electrons. The van der Waals surface area contributed by atoms with Crippen molar-refractivity contribution in [3.8, 4) is 11.5 Å². The van der Waals surface area contributed by atoms with Crippen molar-refractivity contribution in [2.24, 2.45) is 5.73 Å². The van der Waals surface area contributed by atoms with Crippen LogP contribution in [0.3, 0.4) is 0 Å². The highest BCUT2D eigenvalue weighted by Gasteiger charge is 2.18. The fourth-order valence-corrected chi connectivity index (χ4v) is 5.11. The number of ether oxygens (including phenoxy) is 2. The van der Waals surface area contributed by atoms with E-state index in [1.54, 1.807) is 12.1 Å². The monoisotopic (exact) mass is 898 g/mol. The molecule has 0 saturated carbocycles. The fraction of sp³-hybridized carbons (Fsp3) is 0.289. The number of halogens is 4. The van der Waals surface area contributed by atoms with Crippen molar-refractivity contribution >= 4 is 87.1 Å². The second kappa shape index (κ2) is 24.5. The van der Waals surface area contributed by atoms with Crippen LogP contribution in [0.2, 0.25) is 20.1 Å². The van der Waals surface area contributed by atoms with Crippen molar-refractivity contribution in [3.63, 3.8) is 0 Å². The first kappa shape index (κ1) is 49.7. The van der Waals surface area contributed by atoms with Gasteiger partial charge in [-0.2, -0.15) is 0 Å². The van der Waals surface area contributed by atoms with Crippen LogP contribution in [-0.4, -0.2) is 69.9 Å². The van der Waals surface area contributed by atoms with Gasteiger partial charge in [-0.15, -0.1) is 0 Å². The second-order valence-electron chi connectivity index (χ2n) is 12.9. The number of unbranched alkanes of at least 4 members (excludes halogenated alkanes) is 1. The summed E-state index contributed by atoms with van der Waals surface area (Å²) in [6.45, 7) is 7.00. The number of aliphatic hydroxyl groups is 1. The van der Waals surface area contributed by atoms with Crippen LogP contribution in [0.4, 0.5) is 27.5 Å². The van der Waals surface area contributed by atoms with Crippen molar-refractivity contribution in [1.82, 2.24) is 5.32 Å². The normalized spacial score (nSPS) is 10.5. The largest absolute Gasteiger partial charge is 0.507 e. The molecule has 0 aliphatic rings. The topological polar surface area (TPSA) is 259 Å². The number of phenolic OH excluding ortho intramolecular Hbond substituents is 1. The van der Waals surface area contributed by atoms with Gasteiger partial charge in [-0.25, -0.2) is 4.79 Å². The van der Waals surface area contributed by atoms with Gasteiger partial charge in [-0.3, -0.25) is 29.8 Å². The first-order valence-electron chi connectivity index (χ1n) is 17.5. The Morgan fingerprint density at radius 3 is 1.73 bits per heavy atom. The average molecular weight is 901 g/mol. The number of nitrogens with two attached hydrogens (primary N) is 1. The number of amides is 3. The van der Waals surface area contributed by atoms with E-state index in [2.05, 4.69) is 16.0 Å². The van der Waals surface area contributed by atoms with E-state index in [1.165, 1.54) is 48.5 Å². The van der Waals surface area contributed by atoms with Gasteiger partial charge in [0.05, 0.1) is 49.0 Å². The highest BCUT2D eigenvalue weighted by Crippen LogP contribution is 2.30. The molecule has 0 aliphatic heterocycles. The number of non-ortho nitro benzene ring substituents is 2. The zero-order chi connectivity index (χ0) is 44.3. The molecule has 17 nitrogen and oxygen atoms in total. The highest BCUT2D eigenvalue weighted by molar-refractivity contribution is 6.35. The summed E-state index contributed by atoms with van der Waals surface area (Å²) in [4.78, 5) is 55.8. The first-order valence-corrected chi connectivity index (χ1v) is 19.0. The second-order valence-corrected chi connectivity index (χ2v) is 14.6. The Labute approximate surface area is 359 Å². The van der Waals surface area contributed by atoms with Crippen LogP contribution in [0.25, 0.3) is 0 Å². The van der Waals surface area contributed by atoms with E-state index in [-0.39, 0.29) is 61.3 Å². The van der Waals surface area contributed by atoms with Crippen LogP contribution in [0.5, 0.6) is 11.5 Å². The molecule has 318 valence electrons. The SMILES string of the molecule is CC(C)(C)OC(=O)NCCCCO.NCCCOc1ccc(Cl)cc1C(=O)Nc1ccc([N+](=O)[O-])cc1Cl.O=C(Nc1ccc([N+](=O)[O-])cc1Cl)c1cc(Cl)ccc1O. The highest BCUT2D eigenvalue weighted by atomic mass is 35.5. The van der Waals surface area contributed by atoms with Crippen molar-refractivity contribution in [3.05, 3.63) is 124 Å². The summed E-state index contributed by atoms with van der Waals surface area (Å²) in [5.41, 5.74) is 5.24. The maximum absolute atomic E-state index is 12.5. The van der Waals surface area contributed by atoms with Crippen molar-refractivity contribution in [1.29, 1.82) is 0 Å². The Morgan fingerprint density at radius 1 is 0.746 bits per heavy atom. The van der Waals surface area contributed by atoms with E-state index in [0.717, 1.165) is 18.6 Å². The number of nitrogens with one attached hydrogen (secondary N) is 3. The van der Waals surface area contributed by atoms with Crippen LogP contribution in [0.1, 0.15) is 60.7 Å². The number of hydrogen-bond donors (Lipinski definition) is 6. The molecule has 0 bridgehead atoms. The van der Waals surface area contributed by atoms with Crippen molar-refractivity contribution in [2.75, 3.05) is 36.9 Å². The van der Waals surface area contributed by atoms with Crippen LogP contribution in [0, 0.1) is 20.2 Å². The summed E-state index contributed by atoms with van der Waals surface area (Å²) in [5, 5.41) is 47.8. The van der Waals surface area contributed by atoms with E-state index in [0.29, 0.717) is 43.3 Å². The minimum absolute atomic E-state index is 0.0130. The number of aromatic hydroxyl groups is 1. The number of phenols is 1. The van der Waals surface area contributed by atoms with Gasteiger partial charge in [0.25, 0.3) is 23.2 Å². The van der Waals surface area contributed by atoms with Gasteiger partial charge in [0.15, 0.2) is 0 Å². The maximum atomic E-state index is 12.5. The van der Waals surface area contributed by atoms with Crippen LogP contribution >= 0.6 is 46.4 Å². The molecule has 0 spiro atoms. The molecule has 4 aromatic rings. The Balaban J connectivity index is 0.000000321. The Hall–Kier alpha value is -5.43. The van der Waals surface area contributed by atoms with Crippen LogP contribution in [-0.2, 0) is 4.74 Å². The molecule has 3 amide bonds. The molecule has 0 aliphatic carbocycles. The molecular formula is C38H42Cl4N6O11. The predicted octanol–water partition coefficient (Wildman–Crippen LogP) is 9.02. The van der Waals surface area contributed by atoms with E-state index in [1.807, 2.05) is 20.8 Å². The Morgan fingerprint density at radius 2 is 1.25 bits per heavy atom. The number of nitrogens with zero attached hydrogens (tertiary/aromatic N) is 2. The molecular weight excluding hydrogens is 858 g/mol. The van der Waals surface area contributed by atoms with Crippen LogP contribution < -0.4 is 26.4 Å². The lowest BCUT2D eigenvalue weighted by Crippen LogP contribution is -2.33. The van der Waals surface area contributed by atoms with E-state index >= 15 is 0 Å². The number of rotatable bonds is 14. The predicted molar refractivity (Wildman–Crippen MR) is 226 cm³/mol. The summed E-state index contributed by atoms with van der Waals surface area (Å²) in [6, 6.07) is 16.1. The number of alkyl carbamates (subject to hydrolysis) is 1. The number of carbonyl (C=O) groups is 3. The zero-order valence-electron chi connectivity index (χ0n) is 31.9. The maximum Gasteiger partial charge on any atom is 0.407 e. The third kappa shape index (κ3) is 17.9. The number of aliphatic hydroxyl groups excluding tert-OH is 1.